The van der Waals surface area contributed by atoms with E-state index >= 15 is 0 Å². The number of hydrogen-bond acceptors (Lipinski definition) is 2. The molecule has 1 aliphatic carbocycles. The summed E-state index contributed by atoms with van der Waals surface area (Å²) in [5.74, 6) is 0.968. The Morgan fingerprint density at radius 2 is 2.06 bits per heavy atom. The van der Waals surface area contributed by atoms with E-state index in [1.54, 1.807) is 7.11 Å². The SMILES string of the molecule is COc1ccc2cccc3c2c1C[C@H](N)C3. The lowest BCUT2D eigenvalue weighted by atomic mass is 9.85. The third-order valence-electron chi connectivity index (χ3n) is 3.36. The van der Waals surface area contributed by atoms with Gasteiger partial charge in [0.05, 0.1) is 7.11 Å². The van der Waals surface area contributed by atoms with Crippen LogP contribution in [0.25, 0.3) is 10.8 Å². The molecule has 0 fully saturated rings. The largest absolute Gasteiger partial charge is 0.496 e. The molecule has 82 valence electrons. The van der Waals surface area contributed by atoms with E-state index in [0.717, 1.165) is 18.6 Å². The fraction of sp³-hybridized carbons (Fsp3) is 0.286. The van der Waals surface area contributed by atoms with Gasteiger partial charge in [0.25, 0.3) is 0 Å². The monoisotopic (exact) mass is 213 g/mol. The van der Waals surface area contributed by atoms with Gasteiger partial charge < -0.3 is 10.5 Å². The predicted octanol–water partition coefficient (Wildman–Crippen LogP) is 2.27. The summed E-state index contributed by atoms with van der Waals surface area (Å²) in [7, 11) is 1.72. The van der Waals surface area contributed by atoms with Crippen LogP contribution in [0.5, 0.6) is 5.75 Å². The van der Waals surface area contributed by atoms with Crippen LogP contribution in [0.1, 0.15) is 11.1 Å². The second-order valence-corrected chi connectivity index (χ2v) is 4.43. The van der Waals surface area contributed by atoms with Gasteiger partial charge in [0.15, 0.2) is 0 Å². The fourth-order valence-electron chi connectivity index (χ4n) is 2.70. The first-order valence-corrected chi connectivity index (χ1v) is 5.62. The maximum absolute atomic E-state index is 6.09. The van der Waals surface area contributed by atoms with Crippen LogP contribution in [0.3, 0.4) is 0 Å². The quantitative estimate of drug-likeness (QED) is 0.788. The number of hydrogen-bond donors (Lipinski definition) is 1. The molecule has 0 saturated carbocycles. The summed E-state index contributed by atoms with van der Waals surface area (Å²) in [6, 6.07) is 10.8. The minimum Gasteiger partial charge on any atom is -0.496 e. The third-order valence-corrected chi connectivity index (χ3v) is 3.36. The number of benzene rings is 2. The first-order chi connectivity index (χ1) is 7.79. The molecule has 16 heavy (non-hydrogen) atoms. The molecule has 3 rings (SSSR count). The van der Waals surface area contributed by atoms with Crippen molar-refractivity contribution >= 4 is 10.8 Å². The van der Waals surface area contributed by atoms with Crippen LogP contribution in [0.2, 0.25) is 0 Å². The Morgan fingerprint density at radius 3 is 2.88 bits per heavy atom. The van der Waals surface area contributed by atoms with Gasteiger partial charge in [-0.3, -0.25) is 0 Å². The van der Waals surface area contributed by atoms with E-state index in [2.05, 4.69) is 24.3 Å². The highest BCUT2D eigenvalue weighted by atomic mass is 16.5. The van der Waals surface area contributed by atoms with Gasteiger partial charge >= 0.3 is 0 Å². The Balaban J connectivity index is 2.38. The lowest BCUT2D eigenvalue weighted by Gasteiger charge is -2.24. The second-order valence-electron chi connectivity index (χ2n) is 4.43. The van der Waals surface area contributed by atoms with Crippen molar-refractivity contribution in [2.45, 2.75) is 18.9 Å². The van der Waals surface area contributed by atoms with E-state index < -0.39 is 0 Å². The van der Waals surface area contributed by atoms with Gasteiger partial charge in [-0.15, -0.1) is 0 Å². The maximum atomic E-state index is 6.09. The maximum Gasteiger partial charge on any atom is 0.122 e. The molecule has 1 aliphatic rings. The molecule has 1 atom stereocenters. The highest BCUT2D eigenvalue weighted by molar-refractivity contribution is 5.91. The van der Waals surface area contributed by atoms with E-state index in [1.165, 1.54) is 21.9 Å². The molecule has 0 amide bonds. The molecule has 0 aromatic heterocycles. The van der Waals surface area contributed by atoms with Gasteiger partial charge in [0.2, 0.25) is 0 Å². The first kappa shape index (κ1) is 9.67. The number of ether oxygens (including phenoxy) is 1. The van der Waals surface area contributed by atoms with Crippen LogP contribution >= 0.6 is 0 Å². The number of methoxy groups -OCH3 is 1. The molecule has 0 unspecified atom stereocenters. The van der Waals surface area contributed by atoms with E-state index in [-0.39, 0.29) is 6.04 Å². The smallest absolute Gasteiger partial charge is 0.122 e. The molecule has 2 heteroatoms. The average Bonchev–Trinajstić information content (AvgIpc) is 2.29. The lowest BCUT2D eigenvalue weighted by molar-refractivity contribution is 0.408. The van der Waals surface area contributed by atoms with Crippen molar-refractivity contribution in [3.8, 4) is 5.75 Å². The summed E-state index contributed by atoms with van der Waals surface area (Å²) in [4.78, 5) is 0. The van der Waals surface area contributed by atoms with Gasteiger partial charge in [-0.25, -0.2) is 0 Å². The van der Waals surface area contributed by atoms with E-state index in [1.807, 2.05) is 6.07 Å². The van der Waals surface area contributed by atoms with E-state index in [0.29, 0.717) is 0 Å². The Bertz CT molecular complexity index is 548. The Morgan fingerprint density at radius 1 is 1.19 bits per heavy atom. The van der Waals surface area contributed by atoms with Crippen molar-refractivity contribution in [3.63, 3.8) is 0 Å². The van der Waals surface area contributed by atoms with Crippen molar-refractivity contribution in [3.05, 3.63) is 41.5 Å². The summed E-state index contributed by atoms with van der Waals surface area (Å²) in [6.45, 7) is 0. The van der Waals surface area contributed by atoms with E-state index in [4.69, 9.17) is 10.5 Å². The Hall–Kier alpha value is -1.54. The Labute approximate surface area is 95.0 Å². The summed E-state index contributed by atoms with van der Waals surface area (Å²) in [6.07, 6.45) is 1.88. The van der Waals surface area contributed by atoms with Crippen LogP contribution in [0.4, 0.5) is 0 Å². The van der Waals surface area contributed by atoms with Crippen LogP contribution in [0, 0.1) is 0 Å². The molecule has 0 aliphatic heterocycles. The topological polar surface area (TPSA) is 35.2 Å². The molecule has 2 nitrogen and oxygen atoms in total. The van der Waals surface area contributed by atoms with Crippen molar-refractivity contribution in [2.75, 3.05) is 7.11 Å². The summed E-state index contributed by atoms with van der Waals surface area (Å²) < 4.78 is 5.43. The minimum absolute atomic E-state index is 0.217. The summed E-state index contributed by atoms with van der Waals surface area (Å²) in [5, 5.41) is 2.64. The molecule has 0 heterocycles. The molecule has 0 bridgehead atoms. The molecule has 2 aromatic carbocycles. The molecule has 0 radical (unpaired) electrons. The molecule has 2 N–H and O–H groups in total. The van der Waals surface area contributed by atoms with Crippen LogP contribution in [-0.2, 0) is 12.8 Å². The molecular weight excluding hydrogens is 198 g/mol. The van der Waals surface area contributed by atoms with Gasteiger partial charge in [-0.2, -0.15) is 0 Å². The number of nitrogens with two attached hydrogens (primary N) is 1. The molecule has 2 aromatic rings. The van der Waals surface area contributed by atoms with Gasteiger partial charge in [0, 0.05) is 11.6 Å². The van der Waals surface area contributed by atoms with Gasteiger partial charge in [0.1, 0.15) is 5.75 Å². The standard InChI is InChI=1S/C14H15NO/c1-16-13-6-5-9-3-2-4-10-7-11(15)8-12(13)14(9)10/h2-6,11H,7-8,15H2,1H3/t11-/m1/s1. The molecule has 0 spiro atoms. The normalized spacial score (nSPS) is 18.8. The summed E-state index contributed by atoms with van der Waals surface area (Å²) in [5.41, 5.74) is 8.72. The first-order valence-electron chi connectivity index (χ1n) is 5.62. The van der Waals surface area contributed by atoms with Crippen molar-refractivity contribution in [2.24, 2.45) is 5.73 Å². The molecular formula is C14H15NO. The van der Waals surface area contributed by atoms with Crippen LogP contribution in [-0.4, -0.2) is 13.2 Å². The summed E-state index contributed by atoms with van der Waals surface area (Å²) >= 11 is 0. The Kier molecular flexibility index (Phi) is 2.11. The van der Waals surface area contributed by atoms with Crippen molar-refractivity contribution in [1.82, 2.24) is 0 Å². The van der Waals surface area contributed by atoms with Crippen molar-refractivity contribution in [1.29, 1.82) is 0 Å². The average molecular weight is 213 g/mol. The van der Waals surface area contributed by atoms with Gasteiger partial charge in [-0.05, 0) is 35.2 Å². The second kappa shape index (κ2) is 3.49. The van der Waals surface area contributed by atoms with Crippen molar-refractivity contribution < 1.29 is 4.74 Å². The highest BCUT2D eigenvalue weighted by Crippen LogP contribution is 2.35. The zero-order valence-corrected chi connectivity index (χ0v) is 9.36. The third kappa shape index (κ3) is 1.30. The highest BCUT2D eigenvalue weighted by Gasteiger charge is 2.20. The van der Waals surface area contributed by atoms with E-state index in [9.17, 15) is 0 Å². The lowest BCUT2D eigenvalue weighted by Crippen LogP contribution is -2.28. The molecule has 0 saturated heterocycles. The van der Waals surface area contributed by atoms with Gasteiger partial charge in [-0.1, -0.05) is 24.3 Å². The van der Waals surface area contributed by atoms with Crippen LogP contribution < -0.4 is 10.5 Å². The predicted molar refractivity (Wildman–Crippen MR) is 65.9 cm³/mol. The fourth-order valence-corrected chi connectivity index (χ4v) is 2.70. The zero-order chi connectivity index (χ0) is 11.1. The zero-order valence-electron chi connectivity index (χ0n) is 9.36. The minimum atomic E-state index is 0.217. The van der Waals surface area contributed by atoms with Crippen LogP contribution in [0.15, 0.2) is 30.3 Å². The number of rotatable bonds is 1.